The summed E-state index contributed by atoms with van der Waals surface area (Å²) in [6.07, 6.45) is 5.85. The highest BCUT2D eigenvalue weighted by Crippen LogP contribution is 2.45. The summed E-state index contributed by atoms with van der Waals surface area (Å²) >= 11 is 12.7. The minimum atomic E-state index is -0.0422. The average molecular weight is 551 g/mol. The maximum atomic E-state index is 13.0. The summed E-state index contributed by atoms with van der Waals surface area (Å²) < 4.78 is 0. The van der Waals surface area contributed by atoms with Gasteiger partial charge in [-0.3, -0.25) is 9.59 Å². The first-order chi connectivity index (χ1) is 16.9. The van der Waals surface area contributed by atoms with Gasteiger partial charge in [-0.25, -0.2) is 0 Å². The molecule has 5 rings (SSSR count). The van der Waals surface area contributed by atoms with Crippen LogP contribution >= 0.6 is 35.6 Å². The minimum Gasteiger partial charge on any atom is -0.340 e. The van der Waals surface area contributed by atoms with Crippen molar-refractivity contribution in [3.63, 3.8) is 0 Å². The number of benzene rings is 2. The number of likely N-dealkylation sites (N-methyl/N-ethyl adjacent to an activating group) is 1. The second-order valence-corrected chi connectivity index (χ2v) is 10.9. The van der Waals surface area contributed by atoms with Crippen LogP contribution < -0.4 is 0 Å². The normalized spacial score (nSPS) is 21.9. The summed E-state index contributed by atoms with van der Waals surface area (Å²) in [7, 11) is 1.90. The van der Waals surface area contributed by atoms with E-state index in [9.17, 15) is 9.59 Å². The molecule has 3 aliphatic heterocycles. The van der Waals surface area contributed by atoms with Crippen molar-refractivity contribution in [1.29, 1.82) is 0 Å². The zero-order chi connectivity index (χ0) is 24.5. The van der Waals surface area contributed by atoms with Gasteiger partial charge in [0, 0.05) is 50.6 Å². The maximum absolute atomic E-state index is 13.0. The Labute approximate surface area is 230 Å². The lowest BCUT2D eigenvalue weighted by molar-refractivity contribution is -0.136. The van der Waals surface area contributed by atoms with Crippen molar-refractivity contribution in [3.8, 4) is 0 Å². The molecule has 36 heavy (non-hydrogen) atoms. The molecule has 3 heterocycles. The fraction of sp³-hybridized carbons (Fsp3) is 0.500. The Morgan fingerprint density at radius 1 is 0.972 bits per heavy atom. The number of halogens is 3. The van der Waals surface area contributed by atoms with Gasteiger partial charge in [0.2, 0.25) is 5.91 Å². The van der Waals surface area contributed by atoms with Gasteiger partial charge in [0.15, 0.2) is 0 Å². The van der Waals surface area contributed by atoms with Crippen LogP contribution in [0.1, 0.15) is 72.0 Å². The van der Waals surface area contributed by atoms with Crippen LogP contribution in [0.25, 0.3) is 0 Å². The summed E-state index contributed by atoms with van der Waals surface area (Å²) in [5, 5.41) is 1.08. The third-order valence-corrected chi connectivity index (χ3v) is 8.85. The van der Waals surface area contributed by atoms with E-state index in [-0.39, 0.29) is 30.3 Å². The molecule has 2 aromatic rings. The van der Waals surface area contributed by atoms with Crippen molar-refractivity contribution >= 4 is 47.4 Å². The van der Waals surface area contributed by atoms with Crippen molar-refractivity contribution < 1.29 is 9.59 Å². The van der Waals surface area contributed by atoms with Gasteiger partial charge in [0.05, 0.1) is 16.1 Å². The van der Waals surface area contributed by atoms with Crippen molar-refractivity contribution in [3.05, 3.63) is 69.2 Å². The highest BCUT2D eigenvalue weighted by molar-refractivity contribution is 6.42. The molecule has 0 aliphatic carbocycles. The highest BCUT2D eigenvalue weighted by Gasteiger charge is 2.40. The Morgan fingerprint density at radius 2 is 1.72 bits per heavy atom. The number of rotatable bonds is 6. The first-order valence-corrected chi connectivity index (χ1v) is 13.5. The van der Waals surface area contributed by atoms with Crippen LogP contribution in [0.5, 0.6) is 0 Å². The third-order valence-electron chi connectivity index (χ3n) is 8.11. The van der Waals surface area contributed by atoms with E-state index in [1.165, 1.54) is 0 Å². The molecule has 3 aliphatic rings. The van der Waals surface area contributed by atoms with Crippen molar-refractivity contribution in [1.82, 2.24) is 14.7 Å². The molecule has 2 aromatic carbocycles. The number of hydrogen-bond donors (Lipinski definition) is 0. The van der Waals surface area contributed by atoms with E-state index in [4.69, 9.17) is 23.2 Å². The van der Waals surface area contributed by atoms with Crippen molar-refractivity contribution in [2.24, 2.45) is 0 Å². The molecular weight excluding hydrogens is 517 g/mol. The van der Waals surface area contributed by atoms with E-state index in [1.807, 2.05) is 48.3 Å². The molecule has 2 fully saturated rings. The summed E-state index contributed by atoms with van der Waals surface area (Å²) in [5.74, 6) is 0.508. The van der Waals surface area contributed by atoms with Gasteiger partial charge in [0.1, 0.15) is 0 Å². The molecule has 2 saturated heterocycles. The predicted molar refractivity (Wildman–Crippen MR) is 147 cm³/mol. The molecule has 194 valence electrons. The Kier molecular flexibility index (Phi) is 8.87. The monoisotopic (exact) mass is 549 g/mol. The second-order valence-electron chi connectivity index (χ2n) is 10.1. The highest BCUT2D eigenvalue weighted by atomic mass is 35.5. The second kappa shape index (κ2) is 11.7. The molecule has 2 amide bonds. The van der Waals surface area contributed by atoms with E-state index in [0.29, 0.717) is 28.4 Å². The molecule has 8 heteroatoms. The first kappa shape index (κ1) is 27.3. The Morgan fingerprint density at radius 3 is 2.44 bits per heavy atom. The van der Waals surface area contributed by atoms with E-state index < -0.39 is 0 Å². The predicted octanol–water partition coefficient (Wildman–Crippen LogP) is 6.19. The molecule has 0 saturated carbocycles. The Hall–Kier alpha value is -1.79. The summed E-state index contributed by atoms with van der Waals surface area (Å²) in [5.41, 5.74) is 2.98. The number of likely N-dealkylation sites (tertiary alicyclic amines) is 2. The number of hydrogen-bond acceptors (Lipinski definition) is 3. The molecule has 0 radical (unpaired) electrons. The number of piperidine rings is 2. The standard InChI is InChI=1S/C28H33Cl2N3O2.ClH/c1-31-27(22-6-2-3-7-23(22)28(31)35)21(19-9-10-24(29)25(30)18-19)13-17-32-15-11-20(12-16-32)33-14-5-4-8-26(33)34;/h2-3,6-7,9-10,18,20-21,27H,4-5,8,11-17H2,1H3;1H/t21-,27+;/m0./s1. The molecule has 0 spiro atoms. The van der Waals surface area contributed by atoms with Gasteiger partial charge >= 0.3 is 0 Å². The minimum absolute atomic E-state index is 0. The van der Waals surface area contributed by atoms with Gasteiger partial charge in [-0.05, 0) is 68.0 Å². The molecule has 2 atom stereocenters. The lowest BCUT2D eigenvalue weighted by Crippen LogP contribution is -2.49. The molecule has 0 N–H and O–H groups in total. The van der Waals surface area contributed by atoms with Gasteiger partial charge in [0.25, 0.3) is 5.91 Å². The fourth-order valence-electron chi connectivity index (χ4n) is 6.20. The SMILES string of the molecule is CN1C(=O)c2ccccc2[C@H]1[C@@H](CCN1CCC(N2CCCCC2=O)CC1)c1ccc(Cl)c(Cl)c1.Cl. The lowest BCUT2D eigenvalue weighted by atomic mass is 9.84. The van der Waals surface area contributed by atoms with Crippen LogP contribution in [0.4, 0.5) is 0 Å². The number of nitrogens with zero attached hydrogens (tertiary/aromatic N) is 3. The molecular formula is C28H34Cl3N3O2. The van der Waals surface area contributed by atoms with Crippen molar-refractivity contribution in [2.75, 3.05) is 33.2 Å². The smallest absolute Gasteiger partial charge is 0.254 e. The largest absolute Gasteiger partial charge is 0.340 e. The third kappa shape index (κ3) is 5.40. The maximum Gasteiger partial charge on any atom is 0.254 e. The van der Waals surface area contributed by atoms with Crippen LogP contribution in [0.3, 0.4) is 0 Å². The van der Waals surface area contributed by atoms with Gasteiger partial charge in [-0.2, -0.15) is 0 Å². The Balaban J connectivity index is 0.00000304. The van der Waals surface area contributed by atoms with E-state index >= 15 is 0 Å². The molecule has 5 nitrogen and oxygen atoms in total. The lowest BCUT2D eigenvalue weighted by Gasteiger charge is -2.41. The fourth-order valence-corrected chi connectivity index (χ4v) is 6.51. The molecule has 0 bridgehead atoms. The van der Waals surface area contributed by atoms with Gasteiger partial charge in [-0.1, -0.05) is 47.5 Å². The summed E-state index contributed by atoms with van der Waals surface area (Å²) in [6.45, 7) is 3.85. The molecule has 0 unspecified atom stereocenters. The quantitative estimate of drug-likeness (QED) is 0.431. The average Bonchev–Trinajstić information content (AvgIpc) is 3.12. The zero-order valence-electron chi connectivity index (χ0n) is 20.7. The summed E-state index contributed by atoms with van der Waals surface area (Å²) in [4.78, 5) is 31.9. The van der Waals surface area contributed by atoms with Crippen LogP contribution in [0.15, 0.2) is 42.5 Å². The van der Waals surface area contributed by atoms with Crippen LogP contribution in [0, 0.1) is 0 Å². The Bertz CT molecular complexity index is 1100. The van der Waals surface area contributed by atoms with Crippen LogP contribution in [0.2, 0.25) is 10.0 Å². The number of carbonyl (C=O) groups excluding carboxylic acids is 2. The van der Waals surface area contributed by atoms with E-state index in [0.717, 1.165) is 75.0 Å². The zero-order valence-corrected chi connectivity index (χ0v) is 23.0. The van der Waals surface area contributed by atoms with E-state index in [2.05, 4.69) is 15.9 Å². The number of carbonyl (C=O) groups is 2. The molecule has 0 aromatic heterocycles. The first-order valence-electron chi connectivity index (χ1n) is 12.8. The number of fused-ring (bicyclic) bond motifs is 1. The number of amides is 2. The van der Waals surface area contributed by atoms with Gasteiger partial charge in [-0.15, -0.1) is 12.4 Å². The summed E-state index contributed by atoms with van der Waals surface area (Å²) in [6, 6.07) is 14.1. The van der Waals surface area contributed by atoms with Crippen LogP contribution in [-0.2, 0) is 4.79 Å². The van der Waals surface area contributed by atoms with Gasteiger partial charge < -0.3 is 14.7 Å². The van der Waals surface area contributed by atoms with Crippen LogP contribution in [-0.4, -0.2) is 65.8 Å². The van der Waals surface area contributed by atoms with E-state index in [1.54, 1.807) is 0 Å². The van der Waals surface area contributed by atoms with Crippen molar-refractivity contribution in [2.45, 2.75) is 56.5 Å². The topological polar surface area (TPSA) is 43.9 Å².